The van der Waals surface area contributed by atoms with Gasteiger partial charge < -0.3 is 23.7 Å². The van der Waals surface area contributed by atoms with Gasteiger partial charge in [-0.15, -0.1) is 10.2 Å². The largest absolute Gasteiger partial charge is 0.496 e. The molecule has 0 bridgehead atoms. The third-order valence-corrected chi connectivity index (χ3v) is 7.10. The van der Waals surface area contributed by atoms with E-state index in [1.165, 1.54) is 4.90 Å². The van der Waals surface area contributed by atoms with Crippen LogP contribution in [-0.2, 0) is 6.54 Å². The molecular formula is C30H36N6O4. The first-order valence-corrected chi connectivity index (χ1v) is 13.6. The number of hydrogen-bond acceptors (Lipinski definition) is 9. The molecule has 10 heteroatoms. The van der Waals surface area contributed by atoms with Crippen molar-refractivity contribution in [1.29, 1.82) is 0 Å². The Labute approximate surface area is 234 Å². The van der Waals surface area contributed by atoms with Crippen LogP contribution >= 0.6 is 0 Å². The summed E-state index contributed by atoms with van der Waals surface area (Å²) in [4.78, 5) is 23.7. The molecule has 0 unspecified atom stereocenters. The fraction of sp³-hybridized carbons (Fsp3) is 0.400. The number of benzene rings is 2. The van der Waals surface area contributed by atoms with Crippen LogP contribution in [0, 0.1) is 0 Å². The van der Waals surface area contributed by atoms with Crippen molar-refractivity contribution < 1.29 is 18.7 Å². The molecule has 0 atom stereocenters. The molecule has 10 nitrogen and oxygen atoms in total. The number of para-hydroxylation sites is 1. The molecule has 1 aliphatic heterocycles. The molecule has 0 radical (unpaired) electrons. The zero-order valence-corrected chi connectivity index (χ0v) is 23.8. The average Bonchev–Trinajstić information content (AvgIpc) is 3.36. The Kier molecular flexibility index (Phi) is 8.27. The molecule has 0 aliphatic carbocycles. The Morgan fingerprint density at radius 1 is 1.05 bits per heavy atom. The van der Waals surface area contributed by atoms with E-state index in [0.717, 1.165) is 60.3 Å². The second-order valence-electron chi connectivity index (χ2n) is 10.2. The van der Waals surface area contributed by atoms with Crippen molar-refractivity contribution in [2.75, 3.05) is 61.0 Å². The van der Waals surface area contributed by atoms with Gasteiger partial charge in [0, 0.05) is 50.2 Å². The van der Waals surface area contributed by atoms with Gasteiger partial charge in [0.2, 0.25) is 5.89 Å². The summed E-state index contributed by atoms with van der Waals surface area (Å²) in [6, 6.07) is 14.0. The number of rotatable bonds is 8. The third kappa shape index (κ3) is 5.78. The predicted molar refractivity (Wildman–Crippen MR) is 154 cm³/mol. The lowest BCUT2D eigenvalue weighted by molar-refractivity contribution is 0.0789. The van der Waals surface area contributed by atoms with Crippen LogP contribution < -0.4 is 9.47 Å². The topological polar surface area (TPSA) is 97.1 Å². The molecule has 2 aromatic carbocycles. The van der Waals surface area contributed by atoms with E-state index in [0.29, 0.717) is 30.2 Å². The van der Waals surface area contributed by atoms with E-state index in [-0.39, 0.29) is 17.7 Å². The van der Waals surface area contributed by atoms with E-state index < -0.39 is 0 Å². The van der Waals surface area contributed by atoms with Gasteiger partial charge in [0.1, 0.15) is 11.5 Å². The van der Waals surface area contributed by atoms with Crippen LogP contribution in [0.1, 0.15) is 29.7 Å². The van der Waals surface area contributed by atoms with Crippen LogP contribution in [0.4, 0.5) is 0 Å². The van der Waals surface area contributed by atoms with Crippen LogP contribution in [-0.4, -0.2) is 96.8 Å². The Morgan fingerprint density at radius 3 is 2.62 bits per heavy atom. The molecule has 3 heterocycles. The number of pyridine rings is 1. The van der Waals surface area contributed by atoms with E-state index in [1.807, 2.05) is 37.3 Å². The highest BCUT2D eigenvalue weighted by molar-refractivity contribution is 5.90. The molecule has 1 fully saturated rings. The Balaban J connectivity index is 1.63. The zero-order chi connectivity index (χ0) is 28.2. The molecule has 0 spiro atoms. The van der Waals surface area contributed by atoms with Crippen LogP contribution in [0.3, 0.4) is 0 Å². The number of fused-ring (bicyclic) bond motifs is 1. The van der Waals surface area contributed by atoms with Crippen molar-refractivity contribution in [1.82, 2.24) is 29.9 Å². The minimum atomic E-state index is -0.362. The van der Waals surface area contributed by atoms with Crippen molar-refractivity contribution in [3.63, 3.8) is 0 Å². The van der Waals surface area contributed by atoms with E-state index in [4.69, 9.17) is 18.9 Å². The van der Waals surface area contributed by atoms with Crippen molar-refractivity contribution in [2.45, 2.75) is 19.9 Å². The highest BCUT2D eigenvalue weighted by Crippen LogP contribution is 2.44. The second-order valence-corrected chi connectivity index (χ2v) is 10.2. The van der Waals surface area contributed by atoms with Gasteiger partial charge in [-0.2, -0.15) is 0 Å². The van der Waals surface area contributed by atoms with Gasteiger partial charge in [-0.25, -0.2) is 0 Å². The first kappa shape index (κ1) is 27.5. The maximum atomic E-state index is 12.3. The quantitative estimate of drug-likeness (QED) is 0.323. The van der Waals surface area contributed by atoms with Gasteiger partial charge in [-0.05, 0) is 57.7 Å². The average molecular weight is 545 g/mol. The molecule has 4 aromatic rings. The lowest BCUT2D eigenvalue weighted by atomic mass is 9.97. The smallest absolute Gasteiger partial charge is 0.310 e. The highest BCUT2D eigenvalue weighted by Gasteiger charge is 2.24. The van der Waals surface area contributed by atoms with Gasteiger partial charge in [0.15, 0.2) is 0 Å². The molecule has 0 N–H and O–H groups in total. The van der Waals surface area contributed by atoms with Crippen LogP contribution in [0.25, 0.3) is 33.5 Å². The van der Waals surface area contributed by atoms with Gasteiger partial charge in [-0.1, -0.05) is 18.2 Å². The van der Waals surface area contributed by atoms with Crippen LogP contribution in [0.2, 0.25) is 0 Å². The lowest BCUT2D eigenvalue weighted by Gasteiger charge is -2.23. The molecule has 1 amide bonds. The van der Waals surface area contributed by atoms with Gasteiger partial charge in [-0.3, -0.25) is 14.7 Å². The zero-order valence-electron chi connectivity index (χ0n) is 23.8. The maximum Gasteiger partial charge on any atom is 0.310 e. The number of carbonyl (C=O) groups excluding carboxylic acids is 1. The number of amides is 1. The number of carbonyl (C=O) groups is 1. The second kappa shape index (κ2) is 12.0. The fourth-order valence-electron chi connectivity index (χ4n) is 4.99. The van der Waals surface area contributed by atoms with Gasteiger partial charge >= 0.3 is 11.8 Å². The molecular weight excluding hydrogens is 508 g/mol. The minimum absolute atomic E-state index is 0.0786. The number of methoxy groups -OCH3 is 1. The summed E-state index contributed by atoms with van der Waals surface area (Å²) in [7, 11) is 7.07. The van der Waals surface area contributed by atoms with Gasteiger partial charge in [0.25, 0.3) is 0 Å². The molecule has 2 aromatic heterocycles. The molecule has 0 saturated carbocycles. The van der Waals surface area contributed by atoms with Gasteiger partial charge in [0.05, 0.1) is 30.5 Å². The molecule has 210 valence electrons. The maximum absolute atomic E-state index is 12.3. The Hall–Kier alpha value is -4.02. The number of nitrogens with zero attached hydrogens (tertiary/aromatic N) is 6. The van der Waals surface area contributed by atoms with Crippen molar-refractivity contribution >= 4 is 16.8 Å². The van der Waals surface area contributed by atoms with Crippen molar-refractivity contribution in [3.8, 4) is 34.1 Å². The van der Waals surface area contributed by atoms with Crippen molar-refractivity contribution in [3.05, 3.63) is 54.0 Å². The fourth-order valence-corrected chi connectivity index (χ4v) is 4.99. The summed E-state index contributed by atoms with van der Waals surface area (Å²) in [5, 5.41) is 9.10. The minimum Gasteiger partial charge on any atom is -0.496 e. The summed E-state index contributed by atoms with van der Waals surface area (Å²) in [5.41, 5.74) is 4.28. The summed E-state index contributed by atoms with van der Waals surface area (Å²) >= 11 is 0. The highest BCUT2D eigenvalue weighted by atomic mass is 16.5. The third-order valence-electron chi connectivity index (χ3n) is 7.10. The van der Waals surface area contributed by atoms with Crippen LogP contribution in [0.15, 0.2) is 46.9 Å². The molecule has 40 heavy (non-hydrogen) atoms. The molecule has 1 aliphatic rings. The van der Waals surface area contributed by atoms with E-state index >= 15 is 0 Å². The number of likely N-dealkylation sites (N-methyl/N-ethyl adjacent to an activating group) is 1. The molecule has 5 rings (SSSR count). The summed E-state index contributed by atoms with van der Waals surface area (Å²) in [6.45, 7) is 7.20. The number of hydrogen-bond donors (Lipinski definition) is 0. The Morgan fingerprint density at radius 2 is 1.85 bits per heavy atom. The normalized spacial score (nSPS) is 14.7. The first-order valence-electron chi connectivity index (χ1n) is 13.6. The van der Waals surface area contributed by atoms with E-state index in [9.17, 15) is 4.79 Å². The Bertz CT molecular complexity index is 1500. The molecule has 1 saturated heterocycles. The number of aromatic nitrogens is 3. The standard InChI is InChI=1S/C30H36N6O4/c1-6-39-26-18-21(28-32-33-29(40-28)30(37)34(2)3)17-25(38-5)27(26)22-16-20-10-7-8-11-23(20)31-24(22)19-36-13-9-12-35(4)14-15-36/h7-8,10-11,16-18H,6,9,12-15,19H2,1-5H3. The SMILES string of the molecule is CCOc1cc(-c2nnc(C(=O)N(C)C)o2)cc(OC)c1-c1cc2ccccc2nc1CN1CCCN(C)CC1. The monoisotopic (exact) mass is 544 g/mol. The van der Waals surface area contributed by atoms with Crippen molar-refractivity contribution in [2.24, 2.45) is 0 Å². The number of ether oxygens (including phenoxy) is 2. The van der Waals surface area contributed by atoms with E-state index in [1.54, 1.807) is 21.2 Å². The summed E-state index contributed by atoms with van der Waals surface area (Å²) < 4.78 is 17.9. The summed E-state index contributed by atoms with van der Waals surface area (Å²) in [6.07, 6.45) is 1.12. The van der Waals surface area contributed by atoms with Crippen LogP contribution in [0.5, 0.6) is 11.5 Å². The predicted octanol–water partition coefficient (Wildman–Crippen LogP) is 4.20. The van der Waals surface area contributed by atoms with E-state index in [2.05, 4.69) is 39.2 Å². The summed E-state index contributed by atoms with van der Waals surface area (Å²) in [5.74, 6) is 0.976. The first-order chi connectivity index (χ1) is 19.4. The lowest BCUT2D eigenvalue weighted by Crippen LogP contribution is -2.29.